The maximum atomic E-state index is 13.4. The van der Waals surface area contributed by atoms with Crippen molar-refractivity contribution in [3.63, 3.8) is 0 Å². The lowest BCUT2D eigenvalue weighted by Gasteiger charge is -2.43. The number of piperidine rings is 1. The van der Waals surface area contributed by atoms with Gasteiger partial charge in [0.15, 0.2) is 0 Å². The first-order valence-electron chi connectivity index (χ1n) is 11.1. The van der Waals surface area contributed by atoms with E-state index >= 15 is 0 Å². The fourth-order valence-corrected chi connectivity index (χ4v) is 5.35. The number of nitrogens with zero attached hydrogens (tertiary/aromatic N) is 3. The first kappa shape index (κ1) is 20.7. The molecule has 166 valence electrons. The highest BCUT2D eigenvalue weighted by Crippen LogP contribution is 2.35. The van der Waals surface area contributed by atoms with Gasteiger partial charge < -0.3 is 19.4 Å². The molecule has 0 spiro atoms. The van der Waals surface area contributed by atoms with Gasteiger partial charge in [-0.1, -0.05) is 18.2 Å². The van der Waals surface area contributed by atoms with Crippen molar-refractivity contribution in [2.45, 2.75) is 32.4 Å². The molecule has 2 aliphatic heterocycles. The second-order valence-electron chi connectivity index (χ2n) is 9.47. The Morgan fingerprint density at radius 2 is 1.94 bits per heavy atom. The zero-order valence-electron chi connectivity index (χ0n) is 18.7. The molecule has 0 radical (unpaired) electrons. The van der Waals surface area contributed by atoms with Crippen LogP contribution in [-0.2, 0) is 13.1 Å². The molecule has 1 fully saturated rings. The number of aromatic amines is 1. The normalized spacial score (nSPS) is 19.9. The molecule has 2 aromatic heterocycles. The van der Waals surface area contributed by atoms with Crippen LogP contribution in [0.15, 0.2) is 46.1 Å². The van der Waals surface area contributed by atoms with Crippen LogP contribution >= 0.6 is 0 Å². The number of amides is 1. The number of para-hydroxylation sites is 1. The fraction of sp³-hybridized carbons (Fsp3) is 0.400. The topological polar surface area (TPSA) is 78.4 Å². The molecule has 5 rings (SSSR count). The van der Waals surface area contributed by atoms with E-state index in [1.807, 2.05) is 54.8 Å². The molecule has 1 N–H and O–H groups in total. The Hall–Kier alpha value is -3.19. The maximum Gasteiger partial charge on any atom is 0.259 e. The molecular weight excluding hydrogens is 404 g/mol. The molecule has 7 nitrogen and oxygen atoms in total. The second-order valence-corrected chi connectivity index (χ2v) is 9.47. The molecule has 3 aromatic rings. The first-order chi connectivity index (χ1) is 15.3. The Bertz CT molecular complexity index is 1340. The summed E-state index contributed by atoms with van der Waals surface area (Å²) in [7, 11) is 3.91. The van der Waals surface area contributed by atoms with E-state index in [1.165, 1.54) is 0 Å². The Morgan fingerprint density at radius 1 is 1.12 bits per heavy atom. The predicted molar refractivity (Wildman–Crippen MR) is 124 cm³/mol. The molecule has 1 amide bonds. The molecule has 7 heteroatoms. The molecule has 32 heavy (non-hydrogen) atoms. The highest BCUT2D eigenvalue weighted by Gasteiger charge is 2.37. The molecular formula is C25H28N4O3. The van der Waals surface area contributed by atoms with E-state index in [2.05, 4.69) is 4.98 Å². The van der Waals surface area contributed by atoms with Gasteiger partial charge in [0.1, 0.15) is 5.56 Å². The van der Waals surface area contributed by atoms with Gasteiger partial charge in [0.25, 0.3) is 11.5 Å². The molecule has 0 saturated carbocycles. The number of carbonyl (C=O) groups is 1. The summed E-state index contributed by atoms with van der Waals surface area (Å²) in [5.41, 5.74) is 3.56. The molecule has 0 unspecified atom stereocenters. The summed E-state index contributed by atoms with van der Waals surface area (Å²) in [6.45, 7) is 4.25. The highest BCUT2D eigenvalue weighted by molar-refractivity contribution is 5.97. The Morgan fingerprint density at radius 3 is 2.72 bits per heavy atom. The van der Waals surface area contributed by atoms with Crippen molar-refractivity contribution in [3.05, 3.63) is 79.5 Å². The summed E-state index contributed by atoms with van der Waals surface area (Å²) in [6, 6.07) is 9.50. The van der Waals surface area contributed by atoms with Gasteiger partial charge in [0, 0.05) is 54.9 Å². The summed E-state index contributed by atoms with van der Waals surface area (Å²) in [6.07, 6.45) is 2.51. The molecule has 0 aliphatic carbocycles. The summed E-state index contributed by atoms with van der Waals surface area (Å²) < 4.78 is 1.91. The number of benzene rings is 1. The van der Waals surface area contributed by atoms with Crippen LogP contribution in [0.25, 0.3) is 10.9 Å². The Labute approximate surface area is 186 Å². The number of pyridine rings is 2. The number of H-pyrrole nitrogens is 1. The molecule has 2 atom stereocenters. The lowest BCUT2D eigenvalue weighted by molar-refractivity contribution is 0.0592. The quantitative estimate of drug-likeness (QED) is 0.689. The van der Waals surface area contributed by atoms with E-state index in [4.69, 9.17) is 0 Å². The number of hydrogen-bond acceptors (Lipinski definition) is 4. The van der Waals surface area contributed by atoms with Crippen LogP contribution in [0, 0.1) is 12.8 Å². The van der Waals surface area contributed by atoms with E-state index in [9.17, 15) is 14.4 Å². The van der Waals surface area contributed by atoms with Crippen molar-refractivity contribution in [2.24, 2.45) is 5.92 Å². The predicted octanol–water partition coefficient (Wildman–Crippen LogP) is 2.32. The van der Waals surface area contributed by atoms with Crippen LogP contribution in [-0.4, -0.2) is 52.4 Å². The second kappa shape index (κ2) is 7.74. The average Bonchev–Trinajstić information content (AvgIpc) is 2.76. The monoisotopic (exact) mass is 432 g/mol. The van der Waals surface area contributed by atoms with Crippen LogP contribution in [0.5, 0.6) is 0 Å². The maximum absolute atomic E-state index is 13.4. The minimum absolute atomic E-state index is 0.0759. The third kappa shape index (κ3) is 3.37. The smallest absolute Gasteiger partial charge is 0.259 e. The van der Waals surface area contributed by atoms with E-state index < -0.39 is 0 Å². The number of carbonyl (C=O) groups excluding carboxylic acids is 1. The van der Waals surface area contributed by atoms with E-state index in [0.29, 0.717) is 31.6 Å². The number of fused-ring (bicyclic) bond motifs is 5. The van der Waals surface area contributed by atoms with Crippen molar-refractivity contribution in [1.29, 1.82) is 0 Å². The zero-order chi connectivity index (χ0) is 22.6. The summed E-state index contributed by atoms with van der Waals surface area (Å²) in [5.74, 6) is 0.0815. The van der Waals surface area contributed by atoms with E-state index in [-0.39, 0.29) is 34.3 Å². The van der Waals surface area contributed by atoms with Gasteiger partial charge in [-0.2, -0.15) is 0 Å². The number of rotatable bonds is 3. The van der Waals surface area contributed by atoms with Crippen molar-refractivity contribution >= 4 is 16.8 Å². The van der Waals surface area contributed by atoms with Crippen LogP contribution in [0.2, 0.25) is 0 Å². The molecule has 1 saturated heterocycles. The van der Waals surface area contributed by atoms with E-state index in [0.717, 1.165) is 28.8 Å². The van der Waals surface area contributed by atoms with Crippen LogP contribution < -0.4 is 11.0 Å². The lowest BCUT2D eigenvalue weighted by atomic mass is 9.82. The standard InChI is InChI=1S/C25H28N4O3/c1-15-5-4-6-19-22(15)26-10-20(23(19)30)25(32)28-11-16-9-18(14-28)21-8-7-17(13-27(2)3)24(31)29(21)12-16/h4-8,10,16,18H,9,11-14H2,1-3H3,(H,26,30)/t16-,18+/m0/s1. The molecule has 2 bridgehead atoms. The van der Waals surface area contributed by atoms with E-state index in [1.54, 1.807) is 17.2 Å². The van der Waals surface area contributed by atoms with Crippen molar-refractivity contribution in [1.82, 2.24) is 19.4 Å². The average molecular weight is 433 g/mol. The lowest BCUT2D eigenvalue weighted by Crippen LogP contribution is -2.50. The molecule has 1 aromatic carbocycles. The molecule has 4 heterocycles. The SMILES string of the molecule is Cc1cccc2c(=O)c(C(=O)N3C[C@@H]4C[C@H](C3)c3ccc(CN(C)C)c(=O)n3C4)c[nH]c12. The first-order valence-corrected chi connectivity index (χ1v) is 11.1. The number of hydrogen-bond donors (Lipinski definition) is 1. The summed E-state index contributed by atoms with van der Waals surface area (Å²) in [5, 5.41) is 0.540. The largest absolute Gasteiger partial charge is 0.360 e. The zero-order valence-corrected chi connectivity index (χ0v) is 18.7. The number of likely N-dealkylation sites (tertiary alicyclic amines) is 1. The number of aromatic nitrogens is 2. The van der Waals surface area contributed by atoms with Crippen molar-refractivity contribution in [2.75, 3.05) is 27.2 Å². The Balaban J connectivity index is 1.46. The number of nitrogens with one attached hydrogen (secondary N) is 1. The number of aryl methyl sites for hydroxylation is 1. The fourth-order valence-electron chi connectivity index (χ4n) is 5.35. The van der Waals surface area contributed by atoms with Crippen molar-refractivity contribution < 1.29 is 4.79 Å². The van der Waals surface area contributed by atoms with Gasteiger partial charge in [-0.05, 0) is 51.1 Å². The third-order valence-corrected chi connectivity index (χ3v) is 6.81. The van der Waals surface area contributed by atoms with Gasteiger partial charge in [0.2, 0.25) is 5.43 Å². The van der Waals surface area contributed by atoms with Gasteiger partial charge in [-0.3, -0.25) is 14.4 Å². The van der Waals surface area contributed by atoms with Crippen LogP contribution in [0.4, 0.5) is 0 Å². The van der Waals surface area contributed by atoms with Crippen LogP contribution in [0.1, 0.15) is 39.5 Å². The van der Waals surface area contributed by atoms with Gasteiger partial charge in [-0.25, -0.2) is 0 Å². The van der Waals surface area contributed by atoms with Crippen LogP contribution in [0.3, 0.4) is 0 Å². The van der Waals surface area contributed by atoms with Crippen molar-refractivity contribution in [3.8, 4) is 0 Å². The highest BCUT2D eigenvalue weighted by atomic mass is 16.2. The third-order valence-electron chi connectivity index (χ3n) is 6.81. The van der Waals surface area contributed by atoms with Gasteiger partial charge >= 0.3 is 0 Å². The Kier molecular flexibility index (Phi) is 5.01. The van der Waals surface area contributed by atoms with Gasteiger partial charge in [0.05, 0.1) is 5.52 Å². The summed E-state index contributed by atoms with van der Waals surface area (Å²) in [4.78, 5) is 46.4. The van der Waals surface area contributed by atoms with Gasteiger partial charge in [-0.15, -0.1) is 0 Å². The minimum atomic E-state index is -0.232. The summed E-state index contributed by atoms with van der Waals surface area (Å²) >= 11 is 0. The minimum Gasteiger partial charge on any atom is -0.360 e. The molecule has 2 aliphatic rings.